The van der Waals surface area contributed by atoms with Crippen molar-refractivity contribution in [3.05, 3.63) is 53.7 Å². The predicted molar refractivity (Wildman–Crippen MR) is 82.2 cm³/mol. The second kappa shape index (κ2) is 6.06. The Hall–Kier alpha value is -1.87. The molecule has 0 aliphatic rings. The maximum absolute atomic E-state index is 5.75. The molecule has 0 saturated heterocycles. The van der Waals surface area contributed by atoms with E-state index in [0.717, 1.165) is 12.3 Å². The topological polar surface area (TPSA) is 34.1 Å². The van der Waals surface area contributed by atoms with Gasteiger partial charge in [0.15, 0.2) is 0 Å². The Morgan fingerprint density at radius 1 is 1.05 bits per heavy atom. The van der Waals surface area contributed by atoms with E-state index < -0.39 is 0 Å². The number of ether oxygens (including phenoxy) is 1. The molecule has 1 N–H and O–H groups in total. The van der Waals surface area contributed by atoms with E-state index in [9.17, 15) is 0 Å². The van der Waals surface area contributed by atoms with Gasteiger partial charge in [0, 0.05) is 18.8 Å². The molecule has 2 rings (SSSR count). The Labute approximate surface area is 121 Å². The molecule has 3 heteroatoms. The Bertz CT molecular complexity index is 539. The van der Waals surface area contributed by atoms with Gasteiger partial charge in [-0.3, -0.25) is 0 Å². The second-order valence-electron chi connectivity index (χ2n) is 5.91. The van der Waals surface area contributed by atoms with Crippen LogP contribution in [0.15, 0.2) is 42.6 Å². The Morgan fingerprint density at radius 3 is 2.25 bits per heavy atom. The number of pyridine rings is 1. The van der Waals surface area contributed by atoms with Crippen LogP contribution in [0.25, 0.3) is 0 Å². The van der Waals surface area contributed by atoms with Crippen LogP contribution in [0.1, 0.15) is 31.9 Å². The lowest BCUT2D eigenvalue weighted by molar-refractivity contribution is 0.460. The predicted octanol–water partition coefficient (Wildman–Crippen LogP) is 3.89. The summed E-state index contributed by atoms with van der Waals surface area (Å²) < 4.78 is 5.75. The fourth-order valence-electron chi connectivity index (χ4n) is 1.88. The van der Waals surface area contributed by atoms with Gasteiger partial charge in [0.1, 0.15) is 5.75 Å². The summed E-state index contributed by atoms with van der Waals surface area (Å²) in [4.78, 5) is 4.36. The van der Waals surface area contributed by atoms with Crippen molar-refractivity contribution in [2.75, 3.05) is 7.05 Å². The van der Waals surface area contributed by atoms with Crippen LogP contribution in [0.4, 0.5) is 0 Å². The number of nitrogens with one attached hydrogen (secondary N) is 1. The van der Waals surface area contributed by atoms with E-state index in [4.69, 9.17) is 4.74 Å². The van der Waals surface area contributed by atoms with Crippen molar-refractivity contribution >= 4 is 0 Å². The van der Waals surface area contributed by atoms with Crippen molar-refractivity contribution in [1.82, 2.24) is 10.3 Å². The fraction of sp³-hybridized carbons (Fsp3) is 0.353. The van der Waals surface area contributed by atoms with E-state index in [2.05, 4.69) is 49.3 Å². The molecule has 2 aromatic rings. The summed E-state index contributed by atoms with van der Waals surface area (Å²) in [6.07, 6.45) is 1.88. The number of nitrogens with zero attached hydrogens (tertiary/aromatic N) is 1. The lowest BCUT2D eigenvalue weighted by Gasteiger charge is -2.18. The monoisotopic (exact) mass is 270 g/mol. The lowest BCUT2D eigenvalue weighted by atomic mass is 9.88. The highest BCUT2D eigenvalue weighted by molar-refractivity contribution is 5.31. The van der Waals surface area contributed by atoms with Gasteiger partial charge < -0.3 is 10.1 Å². The van der Waals surface area contributed by atoms with Crippen molar-refractivity contribution in [2.45, 2.75) is 32.7 Å². The van der Waals surface area contributed by atoms with Crippen LogP contribution in [-0.2, 0) is 12.0 Å². The van der Waals surface area contributed by atoms with Crippen LogP contribution in [0.5, 0.6) is 11.6 Å². The van der Waals surface area contributed by atoms with E-state index in [0.29, 0.717) is 5.88 Å². The standard InChI is InChI=1S/C17H22N2O/c1-17(2,3)14-7-10-16(19-12-14)20-15-8-5-13(6-9-15)11-18-4/h5-10,12,18H,11H2,1-4H3. The molecule has 106 valence electrons. The molecule has 0 saturated carbocycles. The zero-order valence-electron chi connectivity index (χ0n) is 12.6. The van der Waals surface area contributed by atoms with Gasteiger partial charge in [-0.15, -0.1) is 0 Å². The third-order valence-electron chi connectivity index (χ3n) is 3.13. The third-order valence-corrected chi connectivity index (χ3v) is 3.13. The van der Waals surface area contributed by atoms with Crippen LogP contribution < -0.4 is 10.1 Å². The maximum Gasteiger partial charge on any atom is 0.219 e. The molecular formula is C17H22N2O. The third kappa shape index (κ3) is 3.81. The summed E-state index contributed by atoms with van der Waals surface area (Å²) in [5.74, 6) is 1.43. The molecule has 0 spiro atoms. The Balaban J connectivity index is 2.06. The molecular weight excluding hydrogens is 248 g/mol. The number of benzene rings is 1. The normalized spacial score (nSPS) is 11.4. The Kier molecular flexibility index (Phi) is 4.40. The van der Waals surface area contributed by atoms with E-state index in [1.807, 2.05) is 31.4 Å². The molecule has 1 aromatic heterocycles. The largest absolute Gasteiger partial charge is 0.439 e. The zero-order chi connectivity index (χ0) is 14.6. The lowest BCUT2D eigenvalue weighted by Crippen LogP contribution is -2.11. The second-order valence-corrected chi connectivity index (χ2v) is 5.91. The van der Waals surface area contributed by atoms with E-state index in [1.54, 1.807) is 0 Å². The van der Waals surface area contributed by atoms with Gasteiger partial charge in [-0.05, 0) is 35.7 Å². The van der Waals surface area contributed by atoms with Gasteiger partial charge in [0.05, 0.1) is 0 Å². The van der Waals surface area contributed by atoms with Crippen molar-refractivity contribution < 1.29 is 4.74 Å². The van der Waals surface area contributed by atoms with Gasteiger partial charge in [-0.25, -0.2) is 4.98 Å². The summed E-state index contributed by atoms with van der Waals surface area (Å²) in [5, 5.41) is 3.12. The minimum atomic E-state index is 0.111. The minimum Gasteiger partial charge on any atom is -0.439 e. The Morgan fingerprint density at radius 2 is 1.75 bits per heavy atom. The van der Waals surface area contributed by atoms with Gasteiger partial charge in [-0.2, -0.15) is 0 Å². The van der Waals surface area contributed by atoms with Crippen LogP contribution in [0, 0.1) is 0 Å². The highest BCUT2D eigenvalue weighted by Crippen LogP contribution is 2.24. The smallest absolute Gasteiger partial charge is 0.219 e. The summed E-state index contributed by atoms with van der Waals surface area (Å²) in [5.41, 5.74) is 2.55. The van der Waals surface area contributed by atoms with E-state index in [1.165, 1.54) is 11.1 Å². The molecule has 0 fully saturated rings. The van der Waals surface area contributed by atoms with E-state index in [-0.39, 0.29) is 5.41 Å². The zero-order valence-corrected chi connectivity index (χ0v) is 12.6. The average Bonchev–Trinajstić information content (AvgIpc) is 2.41. The fourth-order valence-corrected chi connectivity index (χ4v) is 1.88. The number of aromatic nitrogens is 1. The SMILES string of the molecule is CNCc1ccc(Oc2ccc(C(C)(C)C)cn2)cc1. The molecule has 0 aliphatic carbocycles. The summed E-state index contributed by atoms with van der Waals surface area (Å²) in [6.45, 7) is 7.37. The van der Waals surface area contributed by atoms with Crippen molar-refractivity contribution in [1.29, 1.82) is 0 Å². The molecule has 1 aromatic carbocycles. The van der Waals surface area contributed by atoms with Crippen LogP contribution in [0.3, 0.4) is 0 Å². The summed E-state index contributed by atoms with van der Waals surface area (Å²) in [6, 6.07) is 12.0. The first-order chi connectivity index (χ1) is 9.49. The van der Waals surface area contributed by atoms with Crippen molar-refractivity contribution in [3.63, 3.8) is 0 Å². The number of hydrogen-bond acceptors (Lipinski definition) is 3. The van der Waals surface area contributed by atoms with Crippen LogP contribution in [0.2, 0.25) is 0 Å². The van der Waals surface area contributed by atoms with Crippen molar-refractivity contribution in [3.8, 4) is 11.6 Å². The molecule has 0 radical (unpaired) electrons. The van der Waals surface area contributed by atoms with Crippen molar-refractivity contribution in [2.24, 2.45) is 0 Å². The molecule has 20 heavy (non-hydrogen) atoms. The quantitative estimate of drug-likeness (QED) is 0.915. The van der Waals surface area contributed by atoms with Gasteiger partial charge >= 0.3 is 0 Å². The molecule has 1 heterocycles. The first-order valence-corrected chi connectivity index (χ1v) is 6.87. The highest BCUT2D eigenvalue weighted by Gasteiger charge is 2.13. The molecule has 0 bridgehead atoms. The molecule has 3 nitrogen and oxygen atoms in total. The maximum atomic E-state index is 5.75. The van der Waals surface area contributed by atoms with Crippen LogP contribution in [-0.4, -0.2) is 12.0 Å². The first kappa shape index (κ1) is 14.5. The molecule has 0 unspecified atom stereocenters. The average molecular weight is 270 g/mol. The first-order valence-electron chi connectivity index (χ1n) is 6.87. The molecule has 0 aliphatic heterocycles. The van der Waals surface area contributed by atoms with Crippen LogP contribution >= 0.6 is 0 Å². The van der Waals surface area contributed by atoms with Gasteiger partial charge in [0.2, 0.25) is 5.88 Å². The summed E-state index contributed by atoms with van der Waals surface area (Å²) >= 11 is 0. The minimum absolute atomic E-state index is 0.111. The number of rotatable bonds is 4. The molecule has 0 amide bonds. The molecule has 0 atom stereocenters. The van der Waals surface area contributed by atoms with Gasteiger partial charge in [-0.1, -0.05) is 39.0 Å². The number of hydrogen-bond donors (Lipinski definition) is 1. The van der Waals surface area contributed by atoms with E-state index >= 15 is 0 Å². The van der Waals surface area contributed by atoms with Gasteiger partial charge in [0.25, 0.3) is 0 Å². The highest BCUT2D eigenvalue weighted by atomic mass is 16.5. The summed E-state index contributed by atoms with van der Waals surface area (Å²) in [7, 11) is 1.94.